The van der Waals surface area contributed by atoms with Crippen LogP contribution >= 0.6 is 0 Å². The Morgan fingerprint density at radius 2 is 1.93 bits per heavy atom. The number of aromatic nitrogens is 3. The third-order valence-electron chi connectivity index (χ3n) is 4.01. The maximum Gasteiger partial charge on any atom is 0.322 e. The average molecular weight is 383 g/mol. The summed E-state index contributed by atoms with van der Waals surface area (Å²) in [6, 6.07) is 5.73. The third kappa shape index (κ3) is 3.93. The van der Waals surface area contributed by atoms with Crippen molar-refractivity contribution in [2.45, 2.75) is 19.9 Å². The first kappa shape index (κ1) is 19.3. The van der Waals surface area contributed by atoms with Crippen molar-refractivity contribution >= 4 is 34.3 Å². The molecule has 3 aromatic rings. The van der Waals surface area contributed by atoms with Crippen LogP contribution in [0.3, 0.4) is 0 Å². The molecule has 146 valence electrons. The molecule has 9 heteroatoms. The SMILES string of the molecule is CC(C)Nc1ncnc(NC(=O)N(C)C)c1C(=N)c1cc2cc(F)ccc2[nH]1. The summed E-state index contributed by atoms with van der Waals surface area (Å²) in [4.78, 5) is 25.0. The van der Waals surface area contributed by atoms with Gasteiger partial charge in [-0.2, -0.15) is 0 Å². The number of amides is 2. The number of nitrogens with one attached hydrogen (secondary N) is 4. The molecule has 0 aliphatic rings. The summed E-state index contributed by atoms with van der Waals surface area (Å²) in [5, 5.41) is 15.2. The second-order valence-corrected chi connectivity index (χ2v) is 6.86. The molecule has 0 fully saturated rings. The summed E-state index contributed by atoms with van der Waals surface area (Å²) >= 11 is 0. The Bertz CT molecular complexity index is 1040. The van der Waals surface area contributed by atoms with Crippen LogP contribution in [0.1, 0.15) is 25.1 Å². The Hall–Kier alpha value is -3.49. The number of nitrogens with zero attached hydrogens (tertiary/aromatic N) is 3. The molecular weight excluding hydrogens is 361 g/mol. The van der Waals surface area contributed by atoms with E-state index in [1.165, 1.54) is 23.4 Å². The molecule has 0 bridgehead atoms. The fraction of sp³-hybridized carbons (Fsp3) is 0.263. The van der Waals surface area contributed by atoms with Crippen LogP contribution in [0.15, 0.2) is 30.6 Å². The number of benzene rings is 1. The van der Waals surface area contributed by atoms with Crippen LogP contribution in [0.25, 0.3) is 10.9 Å². The van der Waals surface area contributed by atoms with Crippen molar-refractivity contribution in [1.29, 1.82) is 5.41 Å². The van der Waals surface area contributed by atoms with Gasteiger partial charge < -0.3 is 15.2 Å². The van der Waals surface area contributed by atoms with Gasteiger partial charge in [0.15, 0.2) is 0 Å². The minimum Gasteiger partial charge on any atom is -0.367 e. The molecule has 0 aliphatic heterocycles. The van der Waals surface area contributed by atoms with Crippen LogP contribution in [0.5, 0.6) is 0 Å². The third-order valence-corrected chi connectivity index (χ3v) is 4.01. The van der Waals surface area contributed by atoms with Crippen LogP contribution in [-0.4, -0.2) is 51.7 Å². The first-order valence-electron chi connectivity index (χ1n) is 8.73. The van der Waals surface area contributed by atoms with E-state index in [1.807, 2.05) is 13.8 Å². The highest BCUT2D eigenvalue weighted by Crippen LogP contribution is 2.26. The molecule has 0 spiro atoms. The second-order valence-electron chi connectivity index (χ2n) is 6.86. The molecule has 0 aliphatic carbocycles. The largest absolute Gasteiger partial charge is 0.367 e. The summed E-state index contributed by atoms with van der Waals surface area (Å²) in [5.74, 6) is 0.286. The smallest absolute Gasteiger partial charge is 0.322 e. The van der Waals surface area contributed by atoms with E-state index in [4.69, 9.17) is 5.41 Å². The summed E-state index contributed by atoms with van der Waals surface area (Å²) in [6.07, 6.45) is 1.33. The van der Waals surface area contributed by atoms with E-state index in [1.54, 1.807) is 26.2 Å². The first-order chi connectivity index (χ1) is 13.3. The lowest BCUT2D eigenvalue weighted by Crippen LogP contribution is -2.29. The maximum absolute atomic E-state index is 13.5. The van der Waals surface area contributed by atoms with Gasteiger partial charge in [0.1, 0.15) is 23.8 Å². The molecule has 0 atom stereocenters. The molecule has 2 heterocycles. The first-order valence-corrected chi connectivity index (χ1v) is 8.73. The minimum absolute atomic E-state index is 0.0515. The van der Waals surface area contributed by atoms with Gasteiger partial charge in [-0.3, -0.25) is 10.7 Å². The molecule has 0 saturated heterocycles. The van der Waals surface area contributed by atoms with Gasteiger partial charge in [0.05, 0.1) is 17.0 Å². The standard InChI is InChI=1S/C19H22FN7O/c1-10(2)24-17-15(18(23-9-22-17)26-19(28)27(3)4)16(21)14-8-11-7-12(20)5-6-13(11)25-14/h5-10,21,25H,1-4H3,(H2,22,23,24,26,28). The van der Waals surface area contributed by atoms with E-state index in [-0.39, 0.29) is 29.4 Å². The number of hydrogen-bond acceptors (Lipinski definition) is 5. The summed E-state index contributed by atoms with van der Waals surface area (Å²) in [6.45, 7) is 3.89. The summed E-state index contributed by atoms with van der Waals surface area (Å²) in [5.41, 5.74) is 1.59. The van der Waals surface area contributed by atoms with Crippen molar-refractivity contribution in [2.75, 3.05) is 24.7 Å². The highest BCUT2D eigenvalue weighted by atomic mass is 19.1. The van der Waals surface area contributed by atoms with E-state index in [0.29, 0.717) is 28.0 Å². The zero-order valence-electron chi connectivity index (χ0n) is 16.1. The monoisotopic (exact) mass is 383 g/mol. The van der Waals surface area contributed by atoms with Crippen molar-refractivity contribution in [2.24, 2.45) is 0 Å². The Morgan fingerprint density at radius 3 is 2.61 bits per heavy atom. The van der Waals surface area contributed by atoms with Crippen molar-refractivity contribution in [3.8, 4) is 0 Å². The quantitative estimate of drug-likeness (QED) is 0.506. The predicted octanol–water partition coefficient (Wildman–Crippen LogP) is 3.43. The molecule has 8 nitrogen and oxygen atoms in total. The number of aromatic amines is 1. The molecule has 28 heavy (non-hydrogen) atoms. The van der Waals surface area contributed by atoms with E-state index in [9.17, 15) is 9.18 Å². The highest BCUT2D eigenvalue weighted by molar-refractivity contribution is 6.18. The lowest BCUT2D eigenvalue weighted by molar-refractivity contribution is 0.230. The molecule has 0 radical (unpaired) electrons. The number of fused-ring (bicyclic) bond motifs is 1. The fourth-order valence-electron chi connectivity index (χ4n) is 2.69. The maximum atomic E-state index is 13.5. The van der Waals surface area contributed by atoms with E-state index < -0.39 is 0 Å². The zero-order chi connectivity index (χ0) is 20.4. The van der Waals surface area contributed by atoms with Crippen LogP contribution in [0.4, 0.5) is 20.8 Å². The number of anilines is 2. The van der Waals surface area contributed by atoms with Crippen LogP contribution in [-0.2, 0) is 0 Å². The van der Waals surface area contributed by atoms with E-state index >= 15 is 0 Å². The molecule has 4 N–H and O–H groups in total. The Labute approximate surface area is 161 Å². The highest BCUT2D eigenvalue weighted by Gasteiger charge is 2.21. The van der Waals surface area contributed by atoms with Crippen molar-refractivity contribution < 1.29 is 9.18 Å². The average Bonchev–Trinajstić information content (AvgIpc) is 3.04. The van der Waals surface area contributed by atoms with Gasteiger partial charge in [0.2, 0.25) is 0 Å². The summed E-state index contributed by atoms with van der Waals surface area (Å²) in [7, 11) is 3.22. The van der Waals surface area contributed by atoms with Gasteiger partial charge in [0.25, 0.3) is 0 Å². The van der Waals surface area contributed by atoms with Crippen molar-refractivity contribution in [3.63, 3.8) is 0 Å². The lowest BCUT2D eigenvalue weighted by atomic mass is 10.1. The normalized spacial score (nSPS) is 10.9. The lowest BCUT2D eigenvalue weighted by Gasteiger charge is -2.18. The number of rotatable bonds is 5. The topological polar surface area (TPSA) is 110 Å². The minimum atomic E-state index is -0.373. The molecule has 0 unspecified atom stereocenters. The second kappa shape index (κ2) is 7.63. The Morgan fingerprint density at radius 1 is 1.21 bits per heavy atom. The molecule has 2 amide bonds. The number of hydrogen-bond donors (Lipinski definition) is 4. The Kier molecular flexibility index (Phi) is 5.25. The molecular formula is C19H22FN7O. The van der Waals surface area contributed by atoms with E-state index in [2.05, 4.69) is 25.6 Å². The number of urea groups is 1. The number of halogens is 1. The number of carbonyl (C=O) groups excluding carboxylic acids is 1. The molecule has 0 saturated carbocycles. The molecule has 1 aromatic carbocycles. The van der Waals surface area contributed by atoms with Crippen LogP contribution in [0.2, 0.25) is 0 Å². The van der Waals surface area contributed by atoms with Gasteiger partial charge in [-0.15, -0.1) is 0 Å². The van der Waals surface area contributed by atoms with Crippen molar-refractivity contribution in [1.82, 2.24) is 19.9 Å². The van der Waals surface area contributed by atoms with Gasteiger partial charge in [-0.25, -0.2) is 19.2 Å². The van der Waals surface area contributed by atoms with Gasteiger partial charge in [-0.05, 0) is 38.1 Å². The summed E-state index contributed by atoms with van der Waals surface area (Å²) < 4.78 is 13.5. The van der Waals surface area contributed by atoms with Gasteiger partial charge >= 0.3 is 6.03 Å². The fourth-order valence-corrected chi connectivity index (χ4v) is 2.69. The molecule has 2 aromatic heterocycles. The van der Waals surface area contributed by atoms with Crippen LogP contribution < -0.4 is 10.6 Å². The van der Waals surface area contributed by atoms with Gasteiger partial charge in [-0.1, -0.05) is 0 Å². The number of carbonyl (C=O) groups is 1. The van der Waals surface area contributed by atoms with Crippen LogP contribution in [0, 0.1) is 11.2 Å². The number of H-pyrrole nitrogens is 1. The Balaban J connectivity index is 2.10. The van der Waals surface area contributed by atoms with E-state index in [0.717, 1.165) is 0 Å². The zero-order valence-corrected chi connectivity index (χ0v) is 16.1. The van der Waals surface area contributed by atoms with Gasteiger partial charge in [0, 0.05) is 31.0 Å². The van der Waals surface area contributed by atoms with Crippen molar-refractivity contribution in [3.05, 3.63) is 47.7 Å². The molecule has 3 rings (SSSR count). The predicted molar refractivity (Wildman–Crippen MR) is 108 cm³/mol.